The zero-order valence-electron chi connectivity index (χ0n) is 15.5. The van der Waals surface area contributed by atoms with Gasteiger partial charge in [-0.05, 0) is 18.2 Å². The van der Waals surface area contributed by atoms with Crippen molar-refractivity contribution in [3.63, 3.8) is 0 Å². The molecule has 1 saturated heterocycles. The fourth-order valence-electron chi connectivity index (χ4n) is 2.63. The molecule has 3 rings (SSSR count). The number of anilines is 1. The van der Waals surface area contributed by atoms with Crippen molar-refractivity contribution in [2.75, 3.05) is 19.0 Å². The van der Waals surface area contributed by atoms with Gasteiger partial charge in [0.25, 0.3) is 11.6 Å². The van der Waals surface area contributed by atoms with Crippen LogP contribution in [0.15, 0.2) is 47.4 Å². The average molecular weight is 445 g/mol. The molecule has 1 fully saturated rings. The van der Waals surface area contributed by atoms with Crippen LogP contribution in [0.25, 0.3) is 6.08 Å². The number of rotatable bonds is 6. The number of benzene rings is 2. The second-order valence-electron chi connectivity index (χ2n) is 6.02. The molecule has 0 unspecified atom stereocenters. The Morgan fingerprint density at radius 2 is 2.10 bits per heavy atom. The second kappa shape index (κ2) is 8.93. The lowest BCUT2D eigenvalue weighted by atomic mass is 10.2. The molecule has 11 heteroatoms. The Labute approximate surface area is 180 Å². The number of thiocarbonyl (C=S) groups is 1. The number of amides is 2. The molecule has 1 aliphatic heterocycles. The van der Waals surface area contributed by atoms with E-state index < -0.39 is 23.3 Å². The van der Waals surface area contributed by atoms with Gasteiger partial charge in [0.2, 0.25) is 5.91 Å². The largest absolute Gasteiger partial charge is 0.506 e. The molecule has 0 aromatic heterocycles. The summed E-state index contributed by atoms with van der Waals surface area (Å²) in [6, 6.07) is 10.4. The molecular weight excluding hydrogens is 430 g/mol. The summed E-state index contributed by atoms with van der Waals surface area (Å²) in [7, 11) is 1.52. The molecule has 0 saturated carbocycles. The zero-order chi connectivity index (χ0) is 21.8. The van der Waals surface area contributed by atoms with Crippen LogP contribution < -0.4 is 10.1 Å². The van der Waals surface area contributed by atoms with Gasteiger partial charge < -0.3 is 15.2 Å². The number of hydrogen-bond acceptors (Lipinski definition) is 8. The minimum atomic E-state index is -0.666. The lowest BCUT2D eigenvalue weighted by Gasteiger charge is -2.14. The minimum Gasteiger partial charge on any atom is -0.506 e. The molecule has 0 atom stereocenters. The number of ether oxygens (including phenoxy) is 1. The quantitative estimate of drug-likeness (QED) is 0.229. The number of phenolic OH excluding ortho intramolecular Hbond substituents is 1. The smallest absolute Gasteiger partial charge is 0.271 e. The summed E-state index contributed by atoms with van der Waals surface area (Å²) in [5.74, 6) is -0.868. The van der Waals surface area contributed by atoms with Crippen molar-refractivity contribution < 1.29 is 24.4 Å². The molecule has 30 heavy (non-hydrogen) atoms. The van der Waals surface area contributed by atoms with E-state index in [1.54, 1.807) is 30.3 Å². The van der Waals surface area contributed by atoms with E-state index in [1.807, 2.05) is 0 Å². The Morgan fingerprint density at radius 3 is 2.80 bits per heavy atom. The summed E-state index contributed by atoms with van der Waals surface area (Å²) in [5, 5.41) is 23.0. The molecule has 2 amide bonds. The van der Waals surface area contributed by atoms with Gasteiger partial charge in [0.05, 0.1) is 22.6 Å². The molecule has 9 nitrogen and oxygen atoms in total. The second-order valence-corrected chi connectivity index (χ2v) is 7.69. The number of aromatic hydroxyl groups is 1. The SMILES string of the molecule is COc1ccccc1/C=C1\SC(=S)N(CC(=O)Nc2cc([N+](=O)[O-])ccc2O)C1=O. The Hall–Kier alpha value is -3.44. The Kier molecular flexibility index (Phi) is 6.33. The van der Waals surface area contributed by atoms with Gasteiger partial charge >= 0.3 is 0 Å². The number of para-hydroxylation sites is 1. The number of non-ortho nitro benzene ring substituents is 1. The highest BCUT2D eigenvalue weighted by Crippen LogP contribution is 2.34. The number of nitro benzene ring substituents is 1. The first-order chi connectivity index (χ1) is 14.3. The first kappa shape index (κ1) is 21.3. The van der Waals surface area contributed by atoms with Crippen LogP contribution in [0.5, 0.6) is 11.5 Å². The third kappa shape index (κ3) is 4.58. The monoisotopic (exact) mass is 445 g/mol. The van der Waals surface area contributed by atoms with Crippen LogP contribution in [0, 0.1) is 10.1 Å². The number of carbonyl (C=O) groups excluding carboxylic acids is 2. The molecule has 0 aliphatic carbocycles. The predicted octanol–water partition coefficient (Wildman–Crippen LogP) is 3.15. The van der Waals surface area contributed by atoms with Crippen LogP contribution in [0.3, 0.4) is 0 Å². The maximum atomic E-state index is 12.7. The van der Waals surface area contributed by atoms with Crippen molar-refractivity contribution in [3.05, 3.63) is 63.0 Å². The molecule has 2 aromatic rings. The van der Waals surface area contributed by atoms with Crippen molar-refractivity contribution in [2.24, 2.45) is 0 Å². The number of nitrogens with one attached hydrogen (secondary N) is 1. The van der Waals surface area contributed by atoms with Crippen molar-refractivity contribution in [1.29, 1.82) is 0 Å². The Bertz CT molecular complexity index is 1090. The normalized spacial score (nSPS) is 14.8. The summed E-state index contributed by atoms with van der Waals surface area (Å²) < 4.78 is 5.46. The van der Waals surface area contributed by atoms with Crippen LogP contribution in [-0.4, -0.2) is 44.7 Å². The van der Waals surface area contributed by atoms with Crippen molar-refractivity contribution in [2.45, 2.75) is 0 Å². The van der Waals surface area contributed by atoms with E-state index in [4.69, 9.17) is 17.0 Å². The van der Waals surface area contributed by atoms with Gasteiger partial charge in [-0.3, -0.25) is 24.6 Å². The summed E-state index contributed by atoms with van der Waals surface area (Å²) in [6.45, 7) is -0.407. The molecule has 0 bridgehead atoms. The standard InChI is InChI=1S/C19H15N3O6S2/c1-28-15-5-3-2-4-11(15)8-16-18(25)21(19(29)30-16)10-17(24)20-13-9-12(22(26)27)6-7-14(13)23/h2-9,23H,10H2,1H3,(H,20,24)/b16-8-. The number of hydrogen-bond donors (Lipinski definition) is 2. The van der Waals surface area contributed by atoms with E-state index in [0.717, 1.165) is 34.9 Å². The van der Waals surface area contributed by atoms with Crippen LogP contribution in [0.4, 0.5) is 11.4 Å². The number of nitro groups is 1. The zero-order valence-corrected chi connectivity index (χ0v) is 17.2. The highest BCUT2D eigenvalue weighted by molar-refractivity contribution is 8.26. The lowest BCUT2D eigenvalue weighted by Crippen LogP contribution is -2.36. The summed E-state index contributed by atoms with van der Waals surface area (Å²) in [4.78, 5) is 36.7. The maximum Gasteiger partial charge on any atom is 0.271 e. The Morgan fingerprint density at radius 1 is 1.37 bits per heavy atom. The number of phenols is 1. The number of thioether (sulfide) groups is 1. The molecule has 2 N–H and O–H groups in total. The average Bonchev–Trinajstić information content (AvgIpc) is 2.97. The van der Waals surface area contributed by atoms with Gasteiger partial charge in [-0.15, -0.1) is 0 Å². The maximum absolute atomic E-state index is 12.7. The fourth-order valence-corrected chi connectivity index (χ4v) is 3.88. The van der Waals surface area contributed by atoms with Crippen molar-refractivity contribution >= 4 is 57.6 Å². The fraction of sp³-hybridized carbons (Fsp3) is 0.105. The number of nitrogens with zero attached hydrogens (tertiary/aromatic N) is 2. The van der Waals surface area contributed by atoms with Gasteiger partial charge in [0.15, 0.2) is 0 Å². The number of methoxy groups -OCH3 is 1. The third-order valence-electron chi connectivity index (χ3n) is 4.07. The summed E-state index contributed by atoms with van der Waals surface area (Å²) in [6.07, 6.45) is 1.63. The molecule has 154 valence electrons. The van der Waals surface area contributed by atoms with Crippen LogP contribution in [-0.2, 0) is 9.59 Å². The molecule has 1 heterocycles. The van der Waals surface area contributed by atoms with Crippen LogP contribution in [0.2, 0.25) is 0 Å². The molecule has 2 aromatic carbocycles. The minimum absolute atomic E-state index is 0.135. The van der Waals surface area contributed by atoms with E-state index in [2.05, 4.69) is 5.32 Å². The molecular formula is C19H15N3O6S2. The topological polar surface area (TPSA) is 122 Å². The van der Waals surface area contributed by atoms with Crippen LogP contribution >= 0.6 is 24.0 Å². The van der Waals surface area contributed by atoms with Gasteiger partial charge in [-0.1, -0.05) is 42.2 Å². The Balaban J connectivity index is 1.74. The summed E-state index contributed by atoms with van der Waals surface area (Å²) in [5.41, 5.74) is 0.254. The van der Waals surface area contributed by atoms with E-state index in [-0.39, 0.29) is 21.4 Å². The van der Waals surface area contributed by atoms with Crippen LogP contribution in [0.1, 0.15) is 5.56 Å². The number of carbonyl (C=O) groups is 2. The first-order valence-electron chi connectivity index (χ1n) is 8.46. The molecule has 0 radical (unpaired) electrons. The van der Waals surface area contributed by atoms with Gasteiger partial charge in [0.1, 0.15) is 22.4 Å². The van der Waals surface area contributed by atoms with E-state index in [9.17, 15) is 24.8 Å². The molecule has 0 spiro atoms. The predicted molar refractivity (Wildman–Crippen MR) is 116 cm³/mol. The van der Waals surface area contributed by atoms with E-state index >= 15 is 0 Å². The first-order valence-corrected chi connectivity index (χ1v) is 9.68. The highest BCUT2D eigenvalue weighted by atomic mass is 32.2. The van der Waals surface area contributed by atoms with Gasteiger partial charge in [-0.25, -0.2) is 0 Å². The van der Waals surface area contributed by atoms with Gasteiger partial charge in [0, 0.05) is 17.7 Å². The summed E-state index contributed by atoms with van der Waals surface area (Å²) >= 11 is 6.26. The van der Waals surface area contributed by atoms with Crippen molar-refractivity contribution in [3.8, 4) is 11.5 Å². The van der Waals surface area contributed by atoms with E-state index in [0.29, 0.717) is 16.2 Å². The van der Waals surface area contributed by atoms with Crippen molar-refractivity contribution in [1.82, 2.24) is 4.90 Å². The third-order valence-corrected chi connectivity index (χ3v) is 5.44. The highest BCUT2D eigenvalue weighted by Gasteiger charge is 2.33. The van der Waals surface area contributed by atoms with Gasteiger partial charge in [-0.2, -0.15) is 0 Å². The molecule has 1 aliphatic rings. The van der Waals surface area contributed by atoms with E-state index in [1.165, 1.54) is 7.11 Å². The lowest BCUT2D eigenvalue weighted by molar-refractivity contribution is -0.384.